The molecule has 0 amide bonds. The van der Waals surface area contributed by atoms with Gasteiger partial charge in [-0.2, -0.15) is 0 Å². The van der Waals surface area contributed by atoms with Gasteiger partial charge in [-0.1, -0.05) is 343 Å². The zero-order valence-corrected chi connectivity index (χ0v) is 62.9. The van der Waals surface area contributed by atoms with E-state index in [0.717, 1.165) is 102 Å². The first kappa shape index (κ1) is 92.1. The van der Waals surface area contributed by atoms with Crippen LogP contribution >= 0.6 is 15.6 Å². The minimum Gasteiger partial charge on any atom is -0.462 e. The number of unbranched alkanes of at least 4 members (excludes halogenated alkanes) is 47. The molecule has 0 aromatic heterocycles. The lowest BCUT2D eigenvalue weighted by molar-refractivity contribution is -0.161. The van der Waals surface area contributed by atoms with Gasteiger partial charge in [-0.05, 0) is 31.6 Å². The lowest BCUT2D eigenvalue weighted by Gasteiger charge is -2.21. The number of hydrogen-bond donors (Lipinski definition) is 3. The molecular weight excluding hydrogens is 1230 g/mol. The SMILES string of the molecule is CCCCCCCCCCCCCCCCCC(=O)OC[C@H](COP(=O)(O)OC[C@@H](O)COP(=O)(O)OC[C@@H](COC(=O)CCCCCCCCCC)OC(=O)CCCCCCCCCCCCCCC)OC(=O)CCCCCCCCCCCCCCCCCC(C)C. The fourth-order valence-corrected chi connectivity index (χ4v) is 13.1. The molecule has 19 heteroatoms. The average Bonchev–Trinajstić information content (AvgIpc) is 1.10. The van der Waals surface area contributed by atoms with Crippen LogP contribution in [0, 0.1) is 5.92 Å². The van der Waals surface area contributed by atoms with Gasteiger partial charge in [-0.15, -0.1) is 0 Å². The van der Waals surface area contributed by atoms with Gasteiger partial charge >= 0.3 is 39.5 Å². The van der Waals surface area contributed by atoms with Crippen molar-refractivity contribution in [2.75, 3.05) is 39.6 Å². The Morgan fingerprint density at radius 2 is 0.489 bits per heavy atom. The van der Waals surface area contributed by atoms with E-state index in [4.69, 9.17) is 37.0 Å². The third-order valence-corrected chi connectivity index (χ3v) is 19.4. The molecule has 0 spiro atoms. The van der Waals surface area contributed by atoms with Crippen LogP contribution in [0.2, 0.25) is 0 Å². The first-order valence-electron chi connectivity index (χ1n) is 39.1. The highest BCUT2D eigenvalue weighted by molar-refractivity contribution is 7.47. The van der Waals surface area contributed by atoms with Crippen molar-refractivity contribution < 1.29 is 80.2 Å². The maximum atomic E-state index is 13.1. The monoisotopic (exact) mass is 1380 g/mol. The molecule has 0 aliphatic rings. The molecule has 2 unspecified atom stereocenters. The molecule has 0 rings (SSSR count). The summed E-state index contributed by atoms with van der Waals surface area (Å²) < 4.78 is 68.4. The molecule has 0 aromatic rings. The van der Waals surface area contributed by atoms with Gasteiger partial charge in [-0.25, -0.2) is 9.13 Å². The summed E-state index contributed by atoms with van der Waals surface area (Å²) in [5.41, 5.74) is 0. The third-order valence-electron chi connectivity index (χ3n) is 17.5. The van der Waals surface area contributed by atoms with Crippen molar-refractivity contribution in [2.45, 2.75) is 412 Å². The Kier molecular flexibility index (Phi) is 66.8. The van der Waals surface area contributed by atoms with Crippen molar-refractivity contribution in [1.82, 2.24) is 0 Å². The predicted octanol–water partition coefficient (Wildman–Crippen LogP) is 22.1. The van der Waals surface area contributed by atoms with Crippen LogP contribution in [-0.4, -0.2) is 96.7 Å². The summed E-state index contributed by atoms with van der Waals surface area (Å²) in [5, 5.41) is 10.6. The van der Waals surface area contributed by atoms with Crippen molar-refractivity contribution in [3.05, 3.63) is 0 Å². The van der Waals surface area contributed by atoms with E-state index in [-0.39, 0.29) is 25.7 Å². The first-order valence-corrected chi connectivity index (χ1v) is 42.1. The summed E-state index contributed by atoms with van der Waals surface area (Å²) in [7, 11) is -9.90. The Morgan fingerprint density at radius 3 is 0.723 bits per heavy atom. The Hall–Kier alpha value is -1.94. The van der Waals surface area contributed by atoms with Crippen LogP contribution in [0.3, 0.4) is 0 Å². The first-order chi connectivity index (χ1) is 45.5. The molecule has 0 aromatic carbocycles. The maximum absolute atomic E-state index is 13.1. The van der Waals surface area contributed by atoms with Gasteiger partial charge in [0.1, 0.15) is 19.3 Å². The highest BCUT2D eigenvalue weighted by Gasteiger charge is 2.30. The van der Waals surface area contributed by atoms with Crippen LogP contribution in [0.25, 0.3) is 0 Å². The number of carbonyl (C=O) groups excluding carboxylic acids is 4. The van der Waals surface area contributed by atoms with Crippen molar-refractivity contribution in [3.8, 4) is 0 Å². The third kappa shape index (κ3) is 68.6. The molecule has 0 saturated carbocycles. The summed E-state index contributed by atoms with van der Waals surface area (Å²) >= 11 is 0. The second kappa shape index (κ2) is 68.2. The van der Waals surface area contributed by atoms with Crippen LogP contribution in [0.4, 0.5) is 0 Å². The van der Waals surface area contributed by atoms with Gasteiger partial charge in [0.2, 0.25) is 0 Å². The predicted molar refractivity (Wildman–Crippen MR) is 382 cm³/mol. The topological polar surface area (TPSA) is 237 Å². The molecule has 558 valence electrons. The molecular formula is C75H146O17P2. The molecule has 5 atom stereocenters. The van der Waals surface area contributed by atoms with Gasteiger partial charge in [0, 0.05) is 25.7 Å². The highest BCUT2D eigenvalue weighted by atomic mass is 31.2. The number of rotatable bonds is 75. The molecule has 0 bridgehead atoms. The molecule has 3 N–H and O–H groups in total. The van der Waals surface area contributed by atoms with E-state index < -0.39 is 97.5 Å². The second-order valence-electron chi connectivity index (χ2n) is 27.5. The van der Waals surface area contributed by atoms with Gasteiger partial charge in [-0.3, -0.25) is 37.3 Å². The molecule has 0 heterocycles. The minimum absolute atomic E-state index is 0.108. The highest BCUT2D eigenvalue weighted by Crippen LogP contribution is 2.45. The van der Waals surface area contributed by atoms with Gasteiger partial charge in [0.15, 0.2) is 12.2 Å². The number of phosphoric acid groups is 2. The van der Waals surface area contributed by atoms with Crippen molar-refractivity contribution in [2.24, 2.45) is 5.92 Å². The van der Waals surface area contributed by atoms with E-state index >= 15 is 0 Å². The number of hydrogen-bond acceptors (Lipinski definition) is 15. The maximum Gasteiger partial charge on any atom is 0.472 e. The normalized spacial score (nSPS) is 14.0. The molecule has 94 heavy (non-hydrogen) atoms. The second-order valence-corrected chi connectivity index (χ2v) is 30.4. The van der Waals surface area contributed by atoms with Crippen LogP contribution in [0.1, 0.15) is 394 Å². The van der Waals surface area contributed by atoms with Crippen molar-refractivity contribution in [3.63, 3.8) is 0 Å². The molecule has 0 radical (unpaired) electrons. The van der Waals surface area contributed by atoms with Crippen molar-refractivity contribution >= 4 is 39.5 Å². The number of esters is 4. The Balaban J connectivity index is 5.21. The zero-order valence-electron chi connectivity index (χ0n) is 61.1. The Morgan fingerprint density at radius 1 is 0.287 bits per heavy atom. The van der Waals surface area contributed by atoms with E-state index in [1.807, 2.05) is 0 Å². The van der Waals surface area contributed by atoms with Gasteiger partial charge in [0.05, 0.1) is 26.4 Å². The van der Waals surface area contributed by atoms with Gasteiger partial charge < -0.3 is 33.8 Å². The van der Waals surface area contributed by atoms with E-state index in [1.54, 1.807) is 0 Å². The summed E-state index contributed by atoms with van der Waals surface area (Å²) in [6.45, 7) is 7.29. The number of aliphatic hydroxyl groups excluding tert-OH is 1. The van der Waals surface area contributed by atoms with Crippen LogP contribution < -0.4 is 0 Å². The fraction of sp³-hybridized carbons (Fsp3) is 0.947. The molecule has 0 aliphatic heterocycles. The van der Waals surface area contributed by atoms with Crippen LogP contribution in [0.15, 0.2) is 0 Å². The molecule has 0 fully saturated rings. The number of aliphatic hydroxyl groups is 1. The Bertz CT molecular complexity index is 1810. The zero-order chi connectivity index (χ0) is 69.1. The number of ether oxygens (including phenoxy) is 4. The van der Waals surface area contributed by atoms with Crippen LogP contribution in [0.5, 0.6) is 0 Å². The Labute approximate surface area is 575 Å². The summed E-state index contributed by atoms with van der Waals surface area (Å²) in [6.07, 6.45) is 56.8. The summed E-state index contributed by atoms with van der Waals surface area (Å²) in [6, 6.07) is 0. The quantitative estimate of drug-likeness (QED) is 0.0222. The number of phosphoric ester groups is 2. The van der Waals surface area contributed by atoms with Crippen LogP contribution in [-0.2, 0) is 65.4 Å². The van der Waals surface area contributed by atoms with E-state index in [2.05, 4.69) is 34.6 Å². The smallest absolute Gasteiger partial charge is 0.462 e. The standard InChI is InChI=1S/C75H146O17P2/c1-6-9-12-15-18-21-23-25-27-32-35-39-44-49-54-59-73(78)86-65-71(92-75(80)61-56-51-46-41-37-33-29-26-28-31-34-38-42-47-52-57-68(4)5)67-90-94(83,84)88-63-69(76)62-87-93(81,82)89-66-70(64-85-72(77)58-53-48-43-20-17-14-11-8-3)91-74(79)60-55-50-45-40-36-30-24-22-19-16-13-10-7-2/h68-71,76H,6-67H2,1-5H3,(H,81,82)(H,83,84)/t69-,70+,71+/m0/s1. The fourth-order valence-electron chi connectivity index (χ4n) is 11.5. The molecule has 17 nitrogen and oxygen atoms in total. The minimum atomic E-state index is -4.96. The van der Waals surface area contributed by atoms with Crippen molar-refractivity contribution in [1.29, 1.82) is 0 Å². The van der Waals surface area contributed by atoms with E-state index in [9.17, 15) is 43.2 Å². The lowest BCUT2D eigenvalue weighted by Crippen LogP contribution is -2.30. The number of carbonyl (C=O) groups is 4. The molecule has 0 saturated heterocycles. The van der Waals surface area contributed by atoms with E-state index in [0.29, 0.717) is 25.7 Å². The van der Waals surface area contributed by atoms with E-state index in [1.165, 1.54) is 212 Å². The lowest BCUT2D eigenvalue weighted by atomic mass is 10.0. The summed E-state index contributed by atoms with van der Waals surface area (Å²) in [5.74, 6) is -1.31. The largest absolute Gasteiger partial charge is 0.472 e. The average molecular weight is 1380 g/mol. The molecule has 0 aliphatic carbocycles. The summed E-state index contributed by atoms with van der Waals surface area (Å²) in [4.78, 5) is 72.7. The van der Waals surface area contributed by atoms with Gasteiger partial charge in [0.25, 0.3) is 0 Å².